The van der Waals surface area contributed by atoms with Crippen molar-refractivity contribution in [3.63, 3.8) is 0 Å². The maximum absolute atomic E-state index is 12.4. The van der Waals surface area contributed by atoms with E-state index in [1.165, 1.54) is 0 Å². The molecule has 0 aromatic heterocycles. The molecule has 0 radical (unpaired) electrons. The summed E-state index contributed by atoms with van der Waals surface area (Å²) in [4.78, 5) is 39.8. The van der Waals surface area contributed by atoms with E-state index in [-0.39, 0.29) is 25.3 Å². The topological polar surface area (TPSA) is 84.9 Å². The number of para-hydroxylation sites is 1. The number of halogens is 1. The molecule has 3 aliphatic heterocycles. The first-order chi connectivity index (χ1) is 16.5. The molecule has 0 aliphatic carbocycles. The first-order valence-corrected chi connectivity index (χ1v) is 12.8. The molecule has 3 aliphatic rings. The highest BCUT2D eigenvalue weighted by molar-refractivity contribution is 7.99. The number of esters is 2. The highest BCUT2D eigenvalue weighted by Gasteiger charge is 2.46. The molecule has 34 heavy (non-hydrogen) atoms. The minimum Gasteiger partial charge on any atom is -0.416 e. The Kier molecular flexibility index (Phi) is 6.55. The molecule has 3 heterocycles. The SMILES string of the molecule is O=C1CCC(=O)OC2(CNCCc3c2ccc(Cl)c3SCCCN2C(=O)Cc3ccccc32)O1. The van der Waals surface area contributed by atoms with E-state index in [1.54, 1.807) is 23.9 Å². The number of carbonyl (C=O) groups excluding carboxylic acids is 3. The number of rotatable bonds is 5. The molecule has 1 N–H and O–H groups in total. The van der Waals surface area contributed by atoms with Gasteiger partial charge in [0.05, 0.1) is 30.8 Å². The number of nitrogens with one attached hydrogen (secondary N) is 1. The number of benzene rings is 2. The van der Waals surface area contributed by atoms with Crippen LogP contribution in [0, 0.1) is 0 Å². The highest BCUT2D eigenvalue weighted by Crippen LogP contribution is 2.41. The van der Waals surface area contributed by atoms with Crippen LogP contribution in [0.3, 0.4) is 0 Å². The van der Waals surface area contributed by atoms with Gasteiger partial charge < -0.3 is 19.7 Å². The predicted molar refractivity (Wildman–Crippen MR) is 129 cm³/mol. The summed E-state index contributed by atoms with van der Waals surface area (Å²) in [6.07, 6.45) is 1.91. The molecule has 0 bridgehead atoms. The van der Waals surface area contributed by atoms with Gasteiger partial charge in [-0.1, -0.05) is 29.8 Å². The molecule has 2 aromatic rings. The number of carbonyl (C=O) groups is 3. The van der Waals surface area contributed by atoms with Gasteiger partial charge in [-0.2, -0.15) is 0 Å². The van der Waals surface area contributed by atoms with Crippen molar-refractivity contribution in [2.45, 2.75) is 42.8 Å². The third kappa shape index (κ3) is 4.42. The fourth-order valence-electron chi connectivity index (χ4n) is 4.76. The van der Waals surface area contributed by atoms with Gasteiger partial charge in [0.2, 0.25) is 5.91 Å². The van der Waals surface area contributed by atoms with Crippen molar-refractivity contribution in [1.29, 1.82) is 0 Å². The maximum atomic E-state index is 12.4. The van der Waals surface area contributed by atoms with E-state index in [1.807, 2.05) is 29.2 Å². The number of anilines is 1. The second-order valence-corrected chi connectivity index (χ2v) is 10.1. The van der Waals surface area contributed by atoms with Crippen LogP contribution in [0.4, 0.5) is 5.69 Å². The molecule has 1 amide bonds. The smallest absolute Gasteiger partial charge is 0.309 e. The molecule has 0 atom stereocenters. The zero-order valence-corrected chi connectivity index (χ0v) is 20.2. The van der Waals surface area contributed by atoms with E-state index in [0.29, 0.717) is 36.5 Å². The Morgan fingerprint density at radius 1 is 1.03 bits per heavy atom. The lowest BCUT2D eigenvalue weighted by molar-refractivity contribution is -0.225. The van der Waals surface area contributed by atoms with Gasteiger partial charge in [-0.25, -0.2) is 0 Å². The van der Waals surface area contributed by atoms with Crippen molar-refractivity contribution in [2.24, 2.45) is 0 Å². The van der Waals surface area contributed by atoms with Gasteiger partial charge >= 0.3 is 11.9 Å². The zero-order valence-electron chi connectivity index (χ0n) is 18.6. The highest BCUT2D eigenvalue weighted by atomic mass is 35.5. The van der Waals surface area contributed by atoms with Crippen molar-refractivity contribution in [2.75, 3.05) is 30.3 Å². The lowest BCUT2D eigenvalue weighted by Gasteiger charge is -2.32. The number of amides is 1. The van der Waals surface area contributed by atoms with Gasteiger partial charge in [0.25, 0.3) is 5.79 Å². The minimum absolute atomic E-state index is 0.00343. The Morgan fingerprint density at radius 2 is 1.79 bits per heavy atom. The lowest BCUT2D eigenvalue weighted by atomic mass is 9.98. The van der Waals surface area contributed by atoms with Crippen molar-refractivity contribution < 1.29 is 23.9 Å². The van der Waals surface area contributed by atoms with Gasteiger partial charge in [-0.05, 0) is 54.5 Å². The Balaban J connectivity index is 1.35. The van der Waals surface area contributed by atoms with E-state index < -0.39 is 17.7 Å². The van der Waals surface area contributed by atoms with Crippen molar-refractivity contribution in [3.8, 4) is 0 Å². The van der Waals surface area contributed by atoms with Gasteiger partial charge in [0.1, 0.15) is 0 Å². The van der Waals surface area contributed by atoms with Crippen LogP contribution in [-0.4, -0.2) is 43.2 Å². The number of fused-ring (bicyclic) bond motifs is 3. The normalized spacial score (nSPS) is 19.2. The number of thioether (sulfide) groups is 1. The summed E-state index contributed by atoms with van der Waals surface area (Å²) in [5.41, 5.74) is 3.65. The largest absolute Gasteiger partial charge is 0.416 e. The van der Waals surface area contributed by atoms with Crippen molar-refractivity contribution >= 4 is 46.9 Å². The van der Waals surface area contributed by atoms with Crippen LogP contribution in [-0.2, 0) is 42.5 Å². The fraction of sp³-hybridized carbons (Fsp3) is 0.400. The molecule has 9 heteroatoms. The molecule has 5 rings (SSSR count). The second-order valence-electron chi connectivity index (χ2n) is 8.58. The molecule has 1 spiro atoms. The summed E-state index contributed by atoms with van der Waals surface area (Å²) in [5, 5.41) is 3.84. The average Bonchev–Trinajstić information content (AvgIpc) is 2.92. The Morgan fingerprint density at radius 3 is 2.59 bits per heavy atom. The third-order valence-electron chi connectivity index (χ3n) is 6.32. The quantitative estimate of drug-likeness (QED) is 0.381. The van der Waals surface area contributed by atoms with Crippen molar-refractivity contribution in [1.82, 2.24) is 5.32 Å². The van der Waals surface area contributed by atoms with E-state index >= 15 is 0 Å². The molecule has 0 unspecified atom stereocenters. The second kappa shape index (κ2) is 9.60. The number of hydrogen-bond acceptors (Lipinski definition) is 7. The number of ether oxygens (including phenoxy) is 2. The van der Waals surface area contributed by atoms with E-state index in [2.05, 4.69) is 5.32 Å². The predicted octanol–water partition coefficient (Wildman–Crippen LogP) is 3.59. The van der Waals surface area contributed by atoms with Crippen LogP contribution in [0.1, 0.15) is 36.0 Å². The van der Waals surface area contributed by atoms with Crippen LogP contribution in [0.15, 0.2) is 41.3 Å². The van der Waals surface area contributed by atoms with Crippen LogP contribution < -0.4 is 10.2 Å². The summed E-state index contributed by atoms with van der Waals surface area (Å²) in [6.45, 7) is 1.47. The Labute approximate surface area is 207 Å². The minimum atomic E-state index is -1.48. The van der Waals surface area contributed by atoms with Gasteiger partial charge in [-0.15, -0.1) is 11.8 Å². The first-order valence-electron chi connectivity index (χ1n) is 11.4. The van der Waals surface area contributed by atoms with Crippen LogP contribution >= 0.6 is 23.4 Å². The molecule has 0 saturated carbocycles. The standard InChI is InChI=1S/C25H25ClN2O5S/c26-19-7-6-18-17(10-11-27-15-25(18)32-22(30)8-9-23(31)33-25)24(19)34-13-3-12-28-20-5-2-1-4-16(20)14-21(28)29/h1-2,4-7,27H,3,8-15H2. The molecule has 2 aromatic carbocycles. The Hall–Kier alpha value is -2.55. The zero-order chi connectivity index (χ0) is 23.7. The first kappa shape index (κ1) is 23.2. The van der Waals surface area contributed by atoms with Crippen LogP contribution in [0.25, 0.3) is 0 Å². The van der Waals surface area contributed by atoms with Crippen LogP contribution in [0.5, 0.6) is 0 Å². The van der Waals surface area contributed by atoms with Crippen LogP contribution in [0.2, 0.25) is 5.02 Å². The lowest BCUT2D eigenvalue weighted by Crippen LogP contribution is -2.43. The molecule has 7 nitrogen and oxygen atoms in total. The Bertz CT molecular complexity index is 1140. The number of nitrogens with zero attached hydrogens (tertiary/aromatic N) is 1. The maximum Gasteiger partial charge on any atom is 0.309 e. The summed E-state index contributed by atoms with van der Waals surface area (Å²) in [6, 6.07) is 11.5. The van der Waals surface area contributed by atoms with E-state index in [4.69, 9.17) is 21.1 Å². The molecule has 1 fully saturated rings. The monoisotopic (exact) mass is 500 g/mol. The fourth-order valence-corrected chi connectivity index (χ4v) is 6.17. The number of hydrogen-bond donors (Lipinski definition) is 1. The third-order valence-corrected chi connectivity index (χ3v) is 8.00. The molecule has 1 saturated heterocycles. The summed E-state index contributed by atoms with van der Waals surface area (Å²) < 4.78 is 11.4. The summed E-state index contributed by atoms with van der Waals surface area (Å²) in [7, 11) is 0. The average molecular weight is 501 g/mol. The van der Waals surface area contributed by atoms with E-state index in [9.17, 15) is 14.4 Å². The van der Waals surface area contributed by atoms with Crippen molar-refractivity contribution in [3.05, 3.63) is 58.1 Å². The molecular formula is C25H25ClN2O5S. The summed E-state index contributed by atoms with van der Waals surface area (Å²) in [5.74, 6) is -1.52. The molecule has 178 valence electrons. The van der Waals surface area contributed by atoms with Gasteiger partial charge in [-0.3, -0.25) is 14.4 Å². The van der Waals surface area contributed by atoms with Gasteiger partial charge in [0, 0.05) is 22.7 Å². The molecular weight excluding hydrogens is 476 g/mol. The summed E-state index contributed by atoms with van der Waals surface area (Å²) >= 11 is 8.22. The van der Waals surface area contributed by atoms with E-state index in [0.717, 1.165) is 33.9 Å². The van der Waals surface area contributed by atoms with Gasteiger partial charge in [0.15, 0.2) is 0 Å².